The largest absolute Gasteiger partial charge is 0.396 e. The summed E-state index contributed by atoms with van der Waals surface area (Å²) < 4.78 is 0. The lowest BCUT2D eigenvalue weighted by atomic mass is 10.0. The highest BCUT2D eigenvalue weighted by Gasteiger charge is 2.11. The highest BCUT2D eigenvalue weighted by atomic mass is 15.1. The van der Waals surface area contributed by atoms with E-state index in [-0.39, 0.29) is 16.8 Å². The highest BCUT2D eigenvalue weighted by Crippen LogP contribution is 2.23. The van der Waals surface area contributed by atoms with E-state index in [0.29, 0.717) is 5.56 Å². The van der Waals surface area contributed by atoms with Gasteiger partial charge in [0, 0.05) is 11.1 Å². The van der Waals surface area contributed by atoms with E-state index < -0.39 is 0 Å². The van der Waals surface area contributed by atoms with Gasteiger partial charge in [0.15, 0.2) is 5.57 Å². The van der Waals surface area contributed by atoms with Crippen LogP contribution in [0, 0.1) is 34.0 Å². The Morgan fingerprint density at radius 3 is 2.36 bits per heavy atom. The van der Waals surface area contributed by atoms with Crippen LogP contribution in [-0.2, 0) is 0 Å². The zero-order valence-electron chi connectivity index (χ0n) is 11.4. The SMILES string of the molecule is N#CC(=Cc1cn[nH]c1-c1ccccc1)C(N)=C(C#N)C#N. The first-order chi connectivity index (χ1) is 10.7. The van der Waals surface area contributed by atoms with Crippen LogP contribution in [0.2, 0.25) is 0 Å². The van der Waals surface area contributed by atoms with E-state index in [1.165, 1.54) is 6.08 Å². The van der Waals surface area contributed by atoms with Crippen molar-refractivity contribution in [3.63, 3.8) is 0 Å². The topological polar surface area (TPSA) is 126 Å². The van der Waals surface area contributed by atoms with Gasteiger partial charge in [0.2, 0.25) is 0 Å². The third kappa shape index (κ3) is 2.85. The molecule has 0 aliphatic carbocycles. The van der Waals surface area contributed by atoms with Gasteiger partial charge in [-0.25, -0.2) is 0 Å². The summed E-state index contributed by atoms with van der Waals surface area (Å²) in [5.74, 6) is 0. The molecule has 0 aliphatic heterocycles. The quantitative estimate of drug-likeness (QED) is 0.660. The van der Waals surface area contributed by atoms with Crippen LogP contribution < -0.4 is 5.73 Å². The molecule has 2 rings (SSSR count). The van der Waals surface area contributed by atoms with E-state index in [2.05, 4.69) is 10.2 Å². The number of nitrogens with two attached hydrogens (primary N) is 1. The van der Waals surface area contributed by atoms with E-state index in [4.69, 9.17) is 16.3 Å². The molecule has 3 N–H and O–H groups in total. The molecule has 0 aliphatic rings. The van der Waals surface area contributed by atoms with Gasteiger partial charge < -0.3 is 5.73 Å². The molecule has 0 saturated carbocycles. The Hall–Kier alpha value is -3.82. The van der Waals surface area contributed by atoms with Gasteiger partial charge in [0.05, 0.1) is 23.2 Å². The number of nitriles is 3. The number of hydrogen-bond acceptors (Lipinski definition) is 5. The lowest BCUT2D eigenvalue weighted by Gasteiger charge is -2.01. The van der Waals surface area contributed by atoms with Gasteiger partial charge in [-0.1, -0.05) is 30.3 Å². The number of nitrogens with zero attached hydrogens (tertiary/aromatic N) is 4. The van der Waals surface area contributed by atoms with Gasteiger partial charge >= 0.3 is 0 Å². The van der Waals surface area contributed by atoms with Crippen LogP contribution in [0.15, 0.2) is 53.4 Å². The predicted molar refractivity (Wildman–Crippen MR) is 80.1 cm³/mol. The van der Waals surface area contributed by atoms with Crippen molar-refractivity contribution in [1.29, 1.82) is 15.8 Å². The second kappa shape index (κ2) is 6.56. The molecule has 0 atom stereocenters. The van der Waals surface area contributed by atoms with Crippen LogP contribution in [0.3, 0.4) is 0 Å². The molecule has 104 valence electrons. The van der Waals surface area contributed by atoms with Gasteiger partial charge in [-0.15, -0.1) is 0 Å². The Bertz CT molecular complexity index is 850. The van der Waals surface area contributed by atoms with Crippen molar-refractivity contribution in [2.45, 2.75) is 0 Å². The second-order valence-electron chi connectivity index (χ2n) is 4.25. The Morgan fingerprint density at radius 2 is 1.77 bits per heavy atom. The van der Waals surface area contributed by atoms with Gasteiger partial charge in [0.25, 0.3) is 0 Å². The summed E-state index contributed by atoms with van der Waals surface area (Å²) in [6, 6.07) is 14.7. The standard InChI is InChI=1S/C16H10N6/c17-7-12(15(20)14(8-18)9-19)6-13-10-21-22-16(13)11-4-2-1-3-5-11/h1-6,10H,20H2,(H,21,22). The van der Waals surface area contributed by atoms with Crippen molar-refractivity contribution in [3.05, 3.63) is 58.9 Å². The first-order valence-corrected chi connectivity index (χ1v) is 6.22. The Kier molecular flexibility index (Phi) is 4.35. The normalized spacial score (nSPS) is 10.1. The Morgan fingerprint density at radius 1 is 1.09 bits per heavy atom. The third-order valence-corrected chi connectivity index (χ3v) is 2.93. The van der Waals surface area contributed by atoms with Crippen LogP contribution in [0.1, 0.15) is 5.56 Å². The first kappa shape index (κ1) is 14.6. The zero-order chi connectivity index (χ0) is 15.9. The van der Waals surface area contributed by atoms with E-state index >= 15 is 0 Å². The van der Waals surface area contributed by atoms with Crippen LogP contribution >= 0.6 is 0 Å². The fraction of sp³-hybridized carbons (Fsp3) is 0. The summed E-state index contributed by atoms with van der Waals surface area (Å²) >= 11 is 0. The summed E-state index contributed by atoms with van der Waals surface area (Å²) in [6.45, 7) is 0. The number of H-pyrrole nitrogens is 1. The molecule has 6 nitrogen and oxygen atoms in total. The van der Waals surface area contributed by atoms with Gasteiger partial charge in [-0.3, -0.25) is 5.10 Å². The van der Waals surface area contributed by atoms with Crippen LogP contribution in [0.5, 0.6) is 0 Å². The molecule has 0 unspecified atom stereocenters. The fourth-order valence-electron chi connectivity index (χ4n) is 1.85. The molecule has 0 spiro atoms. The molecule has 2 aromatic rings. The fourth-order valence-corrected chi connectivity index (χ4v) is 1.85. The molecule has 1 aromatic heterocycles. The number of benzene rings is 1. The first-order valence-electron chi connectivity index (χ1n) is 6.22. The van der Waals surface area contributed by atoms with E-state index in [0.717, 1.165) is 11.3 Å². The lowest BCUT2D eigenvalue weighted by molar-refractivity contribution is 1.10. The van der Waals surface area contributed by atoms with Gasteiger partial charge in [-0.2, -0.15) is 20.9 Å². The molecule has 0 bridgehead atoms. The summed E-state index contributed by atoms with van der Waals surface area (Å²) in [5, 5.41) is 33.7. The van der Waals surface area contributed by atoms with E-state index in [1.807, 2.05) is 36.4 Å². The molecule has 0 radical (unpaired) electrons. The van der Waals surface area contributed by atoms with E-state index in [9.17, 15) is 5.26 Å². The predicted octanol–water partition coefficient (Wildman–Crippen LogP) is 2.24. The van der Waals surface area contributed by atoms with Crippen LogP contribution in [-0.4, -0.2) is 10.2 Å². The molecule has 6 heteroatoms. The summed E-state index contributed by atoms with van der Waals surface area (Å²) in [6.07, 6.45) is 3.04. The average molecular weight is 286 g/mol. The minimum Gasteiger partial charge on any atom is -0.396 e. The molecular weight excluding hydrogens is 276 g/mol. The summed E-state index contributed by atoms with van der Waals surface area (Å²) in [7, 11) is 0. The minimum atomic E-state index is -0.294. The summed E-state index contributed by atoms with van der Waals surface area (Å²) in [5.41, 5.74) is 7.57. The maximum atomic E-state index is 9.21. The van der Waals surface area contributed by atoms with Crippen molar-refractivity contribution < 1.29 is 0 Å². The zero-order valence-corrected chi connectivity index (χ0v) is 11.4. The number of rotatable bonds is 3. The number of allylic oxidation sites excluding steroid dienone is 2. The Balaban J connectivity index is 2.53. The number of hydrogen-bond donors (Lipinski definition) is 2. The molecular formula is C16H10N6. The molecule has 0 fully saturated rings. The average Bonchev–Trinajstić information content (AvgIpc) is 3.02. The van der Waals surface area contributed by atoms with Crippen molar-refractivity contribution in [2.24, 2.45) is 5.73 Å². The van der Waals surface area contributed by atoms with Gasteiger partial charge in [0.1, 0.15) is 18.2 Å². The maximum absolute atomic E-state index is 9.21. The molecule has 1 aromatic carbocycles. The van der Waals surface area contributed by atoms with E-state index in [1.54, 1.807) is 18.3 Å². The van der Waals surface area contributed by atoms with Crippen molar-refractivity contribution in [3.8, 4) is 29.5 Å². The highest BCUT2D eigenvalue weighted by molar-refractivity contribution is 5.76. The Labute approximate surface area is 127 Å². The lowest BCUT2D eigenvalue weighted by Crippen LogP contribution is -2.03. The van der Waals surface area contributed by atoms with Crippen molar-refractivity contribution in [1.82, 2.24) is 10.2 Å². The third-order valence-electron chi connectivity index (χ3n) is 2.93. The minimum absolute atomic E-state index is 0.0386. The van der Waals surface area contributed by atoms with Crippen molar-refractivity contribution in [2.75, 3.05) is 0 Å². The number of nitrogens with one attached hydrogen (secondary N) is 1. The molecule has 0 amide bonds. The second-order valence-corrected chi connectivity index (χ2v) is 4.25. The number of aromatic amines is 1. The van der Waals surface area contributed by atoms with Crippen LogP contribution in [0.25, 0.3) is 17.3 Å². The van der Waals surface area contributed by atoms with Gasteiger partial charge in [-0.05, 0) is 6.08 Å². The maximum Gasteiger partial charge on any atom is 0.153 e. The summed E-state index contributed by atoms with van der Waals surface area (Å²) in [4.78, 5) is 0. The molecule has 1 heterocycles. The van der Waals surface area contributed by atoms with Crippen LogP contribution in [0.4, 0.5) is 0 Å². The molecule has 22 heavy (non-hydrogen) atoms. The monoisotopic (exact) mass is 286 g/mol. The number of aromatic nitrogens is 2. The van der Waals surface area contributed by atoms with Crippen molar-refractivity contribution >= 4 is 6.08 Å². The smallest absolute Gasteiger partial charge is 0.153 e. The molecule has 0 saturated heterocycles.